The number of rotatable bonds is 2. The van der Waals surface area contributed by atoms with Crippen LogP contribution in [0.5, 0.6) is 0 Å². The lowest BCUT2D eigenvalue weighted by atomic mass is 10.1. The largest absolute Gasteiger partial charge is 0.394 e. The molecule has 0 saturated carbocycles. The molecule has 2 unspecified atom stereocenters. The first-order valence-electron chi connectivity index (χ1n) is 4.61. The summed E-state index contributed by atoms with van der Waals surface area (Å²) in [6.07, 6.45) is -0.388. The predicted molar refractivity (Wildman–Crippen MR) is 54.2 cm³/mol. The molecule has 14 heavy (non-hydrogen) atoms. The minimum atomic E-state index is -0.597. The van der Waals surface area contributed by atoms with Crippen LogP contribution in [0.3, 0.4) is 0 Å². The number of hydrogen-bond donors (Lipinski definition) is 1. The van der Waals surface area contributed by atoms with E-state index in [0.29, 0.717) is 0 Å². The first kappa shape index (κ1) is 10.1. The highest BCUT2D eigenvalue weighted by molar-refractivity contribution is 7.07. The molecule has 0 aromatic carbocycles. The highest BCUT2D eigenvalue weighted by Crippen LogP contribution is 2.38. The molecule has 1 aliphatic rings. The average Bonchev–Trinajstić information content (AvgIpc) is 2.70. The molecule has 78 valence electrons. The van der Waals surface area contributed by atoms with E-state index in [4.69, 9.17) is 14.6 Å². The molecular formula is C10H14O3S. The third-order valence-electron chi connectivity index (χ3n) is 2.24. The van der Waals surface area contributed by atoms with Gasteiger partial charge in [0, 0.05) is 0 Å². The Bertz CT molecular complexity index is 294. The van der Waals surface area contributed by atoms with Crippen LogP contribution < -0.4 is 0 Å². The summed E-state index contributed by atoms with van der Waals surface area (Å²) in [5.74, 6) is -0.597. The van der Waals surface area contributed by atoms with E-state index in [0.717, 1.165) is 5.56 Å². The lowest BCUT2D eigenvalue weighted by Crippen LogP contribution is -2.23. The molecule has 0 radical (unpaired) electrons. The molecule has 1 aliphatic heterocycles. The van der Waals surface area contributed by atoms with Crippen molar-refractivity contribution < 1.29 is 14.6 Å². The first-order valence-corrected chi connectivity index (χ1v) is 5.55. The van der Waals surface area contributed by atoms with E-state index >= 15 is 0 Å². The maximum Gasteiger partial charge on any atom is 0.164 e. The van der Waals surface area contributed by atoms with Gasteiger partial charge in [-0.05, 0) is 36.2 Å². The van der Waals surface area contributed by atoms with E-state index < -0.39 is 5.79 Å². The number of aliphatic hydroxyl groups excluding tert-OH is 1. The second-order valence-corrected chi connectivity index (χ2v) is 4.61. The summed E-state index contributed by atoms with van der Waals surface area (Å²) in [6.45, 7) is 3.72. The van der Waals surface area contributed by atoms with E-state index in [1.165, 1.54) is 0 Å². The van der Waals surface area contributed by atoms with Crippen molar-refractivity contribution in [2.75, 3.05) is 6.61 Å². The van der Waals surface area contributed by atoms with E-state index in [2.05, 4.69) is 0 Å². The summed E-state index contributed by atoms with van der Waals surface area (Å²) in [5.41, 5.74) is 1.08. The fourth-order valence-corrected chi connectivity index (χ4v) is 2.37. The molecule has 1 saturated heterocycles. The molecular weight excluding hydrogens is 200 g/mol. The van der Waals surface area contributed by atoms with Crippen molar-refractivity contribution in [2.45, 2.75) is 31.8 Å². The standard InChI is InChI=1S/C10H14O3S/c1-10(2)12-8(5-11)9(13-10)7-3-4-14-6-7/h3-4,6,8-9,11H,5H2,1-2H3. The predicted octanol–water partition coefficient (Wildman–Crippen LogP) is 1.93. The van der Waals surface area contributed by atoms with Gasteiger partial charge in [-0.15, -0.1) is 0 Å². The van der Waals surface area contributed by atoms with Crippen molar-refractivity contribution in [3.8, 4) is 0 Å². The average molecular weight is 214 g/mol. The molecule has 2 heterocycles. The number of aliphatic hydroxyl groups is 1. The van der Waals surface area contributed by atoms with Gasteiger partial charge in [0.25, 0.3) is 0 Å². The number of hydrogen-bond acceptors (Lipinski definition) is 4. The molecule has 0 spiro atoms. The van der Waals surface area contributed by atoms with Crippen molar-refractivity contribution in [2.24, 2.45) is 0 Å². The maximum absolute atomic E-state index is 9.17. The van der Waals surface area contributed by atoms with Crippen molar-refractivity contribution in [1.29, 1.82) is 0 Å². The number of ether oxygens (including phenoxy) is 2. The Labute approximate surface area is 87.3 Å². The zero-order chi connectivity index (χ0) is 10.2. The fraction of sp³-hybridized carbons (Fsp3) is 0.600. The highest BCUT2D eigenvalue weighted by Gasteiger charge is 2.41. The zero-order valence-corrected chi connectivity index (χ0v) is 9.08. The smallest absolute Gasteiger partial charge is 0.164 e. The lowest BCUT2D eigenvalue weighted by molar-refractivity contribution is -0.149. The summed E-state index contributed by atoms with van der Waals surface area (Å²) < 4.78 is 11.3. The molecule has 2 atom stereocenters. The highest BCUT2D eigenvalue weighted by atomic mass is 32.1. The van der Waals surface area contributed by atoms with Gasteiger partial charge in [0.15, 0.2) is 5.79 Å². The molecule has 0 aliphatic carbocycles. The van der Waals surface area contributed by atoms with E-state index in [-0.39, 0.29) is 18.8 Å². The van der Waals surface area contributed by atoms with Gasteiger partial charge in [-0.3, -0.25) is 0 Å². The van der Waals surface area contributed by atoms with Gasteiger partial charge in [-0.25, -0.2) is 0 Å². The fourth-order valence-electron chi connectivity index (χ4n) is 1.69. The van der Waals surface area contributed by atoms with Crippen molar-refractivity contribution in [3.05, 3.63) is 22.4 Å². The van der Waals surface area contributed by atoms with E-state index in [9.17, 15) is 0 Å². The molecule has 1 aromatic rings. The van der Waals surface area contributed by atoms with Gasteiger partial charge in [0.05, 0.1) is 6.61 Å². The molecule has 3 nitrogen and oxygen atoms in total. The Morgan fingerprint density at radius 2 is 2.29 bits per heavy atom. The maximum atomic E-state index is 9.17. The van der Waals surface area contributed by atoms with Crippen LogP contribution in [0.1, 0.15) is 25.5 Å². The van der Waals surface area contributed by atoms with Gasteiger partial charge >= 0.3 is 0 Å². The Balaban J connectivity index is 2.19. The van der Waals surface area contributed by atoms with Crippen LogP contribution in [-0.4, -0.2) is 23.6 Å². The molecule has 4 heteroatoms. The molecule has 0 bridgehead atoms. The first-order chi connectivity index (χ1) is 6.62. The monoisotopic (exact) mass is 214 g/mol. The second-order valence-electron chi connectivity index (χ2n) is 3.83. The minimum absolute atomic E-state index is 0.00998. The van der Waals surface area contributed by atoms with Gasteiger partial charge in [-0.1, -0.05) is 0 Å². The van der Waals surface area contributed by atoms with Crippen LogP contribution in [0.2, 0.25) is 0 Å². The molecule has 1 fully saturated rings. The normalized spacial score (nSPS) is 30.8. The summed E-state index contributed by atoms with van der Waals surface area (Å²) in [4.78, 5) is 0. The van der Waals surface area contributed by atoms with Crippen LogP contribution in [0.4, 0.5) is 0 Å². The summed E-state index contributed by atoms with van der Waals surface area (Å²) in [5, 5.41) is 13.2. The van der Waals surface area contributed by atoms with Crippen LogP contribution in [0.15, 0.2) is 16.8 Å². The Kier molecular flexibility index (Phi) is 2.62. The second kappa shape index (κ2) is 3.62. The van der Waals surface area contributed by atoms with Gasteiger partial charge in [0.1, 0.15) is 12.2 Å². The van der Waals surface area contributed by atoms with Crippen LogP contribution >= 0.6 is 11.3 Å². The topological polar surface area (TPSA) is 38.7 Å². The third kappa shape index (κ3) is 1.83. The van der Waals surface area contributed by atoms with Crippen molar-refractivity contribution in [3.63, 3.8) is 0 Å². The van der Waals surface area contributed by atoms with Crippen molar-refractivity contribution >= 4 is 11.3 Å². The van der Waals surface area contributed by atoms with Crippen LogP contribution in [0.25, 0.3) is 0 Å². The number of thiophene rings is 1. The van der Waals surface area contributed by atoms with E-state index in [1.54, 1.807) is 11.3 Å². The molecule has 1 aromatic heterocycles. The molecule has 0 amide bonds. The summed E-state index contributed by atoms with van der Waals surface area (Å²) >= 11 is 1.62. The summed E-state index contributed by atoms with van der Waals surface area (Å²) in [6, 6.07) is 2.00. The Hall–Kier alpha value is -0.420. The lowest BCUT2D eigenvalue weighted by Gasteiger charge is -2.16. The SMILES string of the molecule is CC1(C)OC(CO)C(c2ccsc2)O1. The van der Waals surface area contributed by atoms with Gasteiger partial charge in [0.2, 0.25) is 0 Å². The van der Waals surface area contributed by atoms with Gasteiger partial charge < -0.3 is 14.6 Å². The molecule has 1 N–H and O–H groups in total. The Morgan fingerprint density at radius 1 is 1.50 bits per heavy atom. The van der Waals surface area contributed by atoms with Crippen LogP contribution in [0, 0.1) is 0 Å². The third-order valence-corrected chi connectivity index (χ3v) is 2.94. The quantitative estimate of drug-likeness (QED) is 0.817. The van der Waals surface area contributed by atoms with Crippen LogP contribution in [-0.2, 0) is 9.47 Å². The van der Waals surface area contributed by atoms with Gasteiger partial charge in [-0.2, -0.15) is 11.3 Å². The minimum Gasteiger partial charge on any atom is -0.394 e. The van der Waals surface area contributed by atoms with E-state index in [1.807, 2.05) is 30.7 Å². The van der Waals surface area contributed by atoms with Crippen molar-refractivity contribution in [1.82, 2.24) is 0 Å². The zero-order valence-electron chi connectivity index (χ0n) is 8.27. The molecule has 2 rings (SSSR count). The summed E-state index contributed by atoms with van der Waals surface area (Å²) in [7, 11) is 0. The Morgan fingerprint density at radius 3 is 2.86 bits per heavy atom.